The average molecular weight is 157 g/mol. The van der Waals surface area contributed by atoms with Crippen LogP contribution in [0.25, 0.3) is 0 Å². The Bertz CT molecular complexity index is 355. The van der Waals surface area contributed by atoms with E-state index in [2.05, 4.69) is 11.8 Å². The molecule has 0 aromatic heterocycles. The molecule has 2 heteroatoms. The molecule has 0 heterocycles. The van der Waals surface area contributed by atoms with Crippen LogP contribution in [0.5, 0.6) is 5.75 Å². The number of hydrogen-bond acceptors (Lipinski definition) is 2. The SMILES string of the molecule is C#Cc1ccc(C#C)c(O)c1N. The van der Waals surface area contributed by atoms with Crippen LogP contribution in [0.15, 0.2) is 12.1 Å². The molecule has 0 saturated heterocycles. The third-order valence-corrected chi connectivity index (χ3v) is 1.53. The van der Waals surface area contributed by atoms with E-state index in [9.17, 15) is 5.11 Å². The van der Waals surface area contributed by atoms with E-state index in [1.807, 2.05) is 0 Å². The van der Waals surface area contributed by atoms with Crippen LogP contribution >= 0.6 is 0 Å². The zero-order valence-electron chi connectivity index (χ0n) is 6.33. The number of terminal acetylenes is 2. The number of aromatic hydroxyl groups is 1. The van der Waals surface area contributed by atoms with Crippen LogP contribution in [0.4, 0.5) is 5.69 Å². The maximum Gasteiger partial charge on any atom is 0.155 e. The van der Waals surface area contributed by atoms with E-state index in [-0.39, 0.29) is 11.4 Å². The molecular formula is C10H7NO. The summed E-state index contributed by atoms with van der Waals surface area (Å²) in [6.07, 6.45) is 10.2. The Balaban J connectivity index is 3.45. The largest absolute Gasteiger partial charge is 0.504 e. The van der Waals surface area contributed by atoms with Crippen molar-refractivity contribution in [2.45, 2.75) is 0 Å². The van der Waals surface area contributed by atoms with Crippen LogP contribution in [0.3, 0.4) is 0 Å². The first-order valence-electron chi connectivity index (χ1n) is 3.25. The lowest BCUT2D eigenvalue weighted by atomic mass is 10.1. The Kier molecular flexibility index (Phi) is 1.94. The van der Waals surface area contributed by atoms with Gasteiger partial charge in [0.25, 0.3) is 0 Å². The Morgan fingerprint density at radius 2 is 1.67 bits per heavy atom. The van der Waals surface area contributed by atoms with E-state index in [1.54, 1.807) is 12.1 Å². The molecule has 3 N–H and O–H groups in total. The van der Waals surface area contributed by atoms with Gasteiger partial charge in [0.15, 0.2) is 5.75 Å². The summed E-state index contributed by atoms with van der Waals surface area (Å²) in [6, 6.07) is 3.16. The van der Waals surface area contributed by atoms with Crippen molar-refractivity contribution in [2.75, 3.05) is 5.73 Å². The fourth-order valence-corrected chi connectivity index (χ4v) is 0.850. The van der Waals surface area contributed by atoms with Crippen LogP contribution in [0, 0.1) is 24.7 Å². The van der Waals surface area contributed by atoms with Gasteiger partial charge in [-0.15, -0.1) is 12.8 Å². The lowest BCUT2D eigenvalue weighted by Gasteiger charge is -2.03. The van der Waals surface area contributed by atoms with Gasteiger partial charge in [0, 0.05) is 0 Å². The molecule has 0 saturated carbocycles. The quantitative estimate of drug-likeness (QED) is 0.334. The van der Waals surface area contributed by atoms with Gasteiger partial charge in [-0.05, 0) is 12.1 Å². The normalized spacial score (nSPS) is 8.50. The molecule has 0 bridgehead atoms. The van der Waals surface area contributed by atoms with Crippen molar-refractivity contribution in [1.29, 1.82) is 0 Å². The topological polar surface area (TPSA) is 46.2 Å². The van der Waals surface area contributed by atoms with Gasteiger partial charge in [-0.3, -0.25) is 0 Å². The second kappa shape index (κ2) is 2.90. The molecular weight excluding hydrogens is 150 g/mol. The third-order valence-electron chi connectivity index (χ3n) is 1.53. The second-order valence-corrected chi connectivity index (χ2v) is 2.21. The molecule has 0 fully saturated rings. The zero-order valence-corrected chi connectivity index (χ0v) is 6.33. The highest BCUT2D eigenvalue weighted by Crippen LogP contribution is 2.27. The summed E-state index contributed by atoms with van der Waals surface area (Å²) >= 11 is 0. The maximum atomic E-state index is 9.35. The molecule has 12 heavy (non-hydrogen) atoms. The molecule has 0 atom stereocenters. The summed E-state index contributed by atoms with van der Waals surface area (Å²) in [5.41, 5.74) is 6.45. The first-order valence-corrected chi connectivity index (χ1v) is 3.25. The fraction of sp³-hybridized carbons (Fsp3) is 0. The van der Waals surface area contributed by atoms with Crippen molar-refractivity contribution < 1.29 is 5.11 Å². The van der Waals surface area contributed by atoms with Crippen LogP contribution in [0.2, 0.25) is 0 Å². The van der Waals surface area contributed by atoms with Gasteiger partial charge in [-0.1, -0.05) is 11.8 Å². The number of phenolic OH excluding ortho intramolecular Hbond substituents is 1. The highest BCUT2D eigenvalue weighted by molar-refractivity contribution is 5.68. The van der Waals surface area contributed by atoms with Crippen molar-refractivity contribution in [3.63, 3.8) is 0 Å². The summed E-state index contributed by atoms with van der Waals surface area (Å²) < 4.78 is 0. The van der Waals surface area contributed by atoms with E-state index >= 15 is 0 Å². The number of nitrogens with two attached hydrogens (primary N) is 1. The first kappa shape index (κ1) is 8.04. The maximum absolute atomic E-state index is 9.35. The minimum absolute atomic E-state index is 0.118. The van der Waals surface area contributed by atoms with E-state index in [1.165, 1.54) is 0 Å². The van der Waals surface area contributed by atoms with Gasteiger partial charge < -0.3 is 10.8 Å². The van der Waals surface area contributed by atoms with Crippen LogP contribution in [-0.4, -0.2) is 5.11 Å². The Hall–Kier alpha value is -2.06. The van der Waals surface area contributed by atoms with Crippen molar-refractivity contribution in [3.05, 3.63) is 23.3 Å². The van der Waals surface area contributed by atoms with E-state index in [4.69, 9.17) is 18.6 Å². The molecule has 0 aliphatic rings. The average Bonchev–Trinajstić information content (AvgIpc) is 2.10. The fourth-order valence-electron chi connectivity index (χ4n) is 0.850. The smallest absolute Gasteiger partial charge is 0.155 e. The monoisotopic (exact) mass is 157 g/mol. The minimum atomic E-state index is -0.118. The lowest BCUT2D eigenvalue weighted by molar-refractivity contribution is 0.476. The Morgan fingerprint density at radius 3 is 2.17 bits per heavy atom. The van der Waals surface area contributed by atoms with Crippen molar-refractivity contribution >= 4 is 5.69 Å². The zero-order chi connectivity index (χ0) is 9.14. The van der Waals surface area contributed by atoms with Crippen LogP contribution in [-0.2, 0) is 0 Å². The predicted molar refractivity (Wildman–Crippen MR) is 48.4 cm³/mol. The number of benzene rings is 1. The van der Waals surface area contributed by atoms with Gasteiger partial charge >= 0.3 is 0 Å². The second-order valence-electron chi connectivity index (χ2n) is 2.21. The molecule has 0 unspecified atom stereocenters. The predicted octanol–water partition coefficient (Wildman–Crippen LogP) is 0.937. The standard InChI is InChI=1S/C10H7NO/c1-3-7-5-6-8(4-2)10(12)9(7)11/h1-2,5-6,12H,11H2. The summed E-state index contributed by atoms with van der Waals surface area (Å²) in [6.45, 7) is 0. The molecule has 0 amide bonds. The van der Waals surface area contributed by atoms with Crippen LogP contribution < -0.4 is 5.73 Å². The molecule has 0 aliphatic heterocycles. The summed E-state index contributed by atoms with van der Waals surface area (Å²) in [5, 5.41) is 9.35. The molecule has 2 nitrogen and oxygen atoms in total. The van der Waals surface area contributed by atoms with E-state index in [0.29, 0.717) is 11.1 Å². The van der Waals surface area contributed by atoms with Crippen molar-refractivity contribution in [3.8, 4) is 30.4 Å². The number of nitrogen functional groups attached to an aromatic ring is 1. The molecule has 58 valence electrons. The number of hydrogen-bond donors (Lipinski definition) is 2. The third kappa shape index (κ3) is 1.07. The Morgan fingerprint density at radius 1 is 1.17 bits per heavy atom. The van der Waals surface area contributed by atoms with Crippen LogP contribution in [0.1, 0.15) is 11.1 Å². The van der Waals surface area contributed by atoms with E-state index < -0.39 is 0 Å². The van der Waals surface area contributed by atoms with Crippen molar-refractivity contribution in [1.82, 2.24) is 0 Å². The van der Waals surface area contributed by atoms with Gasteiger partial charge in [0.05, 0.1) is 16.8 Å². The van der Waals surface area contributed by atoms with Gasteiger partial charge in [0.2, 0.25) is 0 Å². The first-order chi connectivity index (χ1) is 5.70. The summed E-state index contributed by atoms with van der Waals surface area (Å²) in [4.78, 5) is 0. The highest BCUT2D eigenvalue weighted by atomic mass is 16.3. The molecule has 0 radical (unpaired) electrons. The minimum Gasteiger partial charge on any atom is -0.504 e. The number of phenols is 1. The molecule has 1 aromatic rings. The Labute approximate surface area is 71.0 Å². The van der Waals surface area contributed by atoms with Crippen molar-refractivity contribution in [2.24, 2.45) is 0 Å². The molecule has 0 spiro atoms. The summed E-state index contributed by atoms with van der Waals surface area (Å²) in [7, 11) is 0. The lowest BCUT2D eigenvalue weighted by Crippen LogP contribution is -1.92. The molecule has 1 rings (SSSR count). The van der Waals surface area contributed by atoms with Gasteiger partial charge in [0.1, 0.15) is 0 Å². The number of rotatable bonds is 0. The highest BCUT2D eigenvalue weighted by Gasteiger charge is 2.05. The van der Waals surface area contributed by atoms with Gasteiger partial charge in [-0.25, -0.2) is 0 Å². The van der Waals surface area contributed by atoms with E-state index in [0.717, 1.165) is 0 Å². The molecule has 0 aliphatic carbocycles. The summed E-state index contributed by atoms with van der Waals surface area (Å²) in [5.74, 6) is 4.50. The number of anilines is 1. The van der Waals surface area contributed by atoms with Gasteiger partial charge in [-0.2, -0.15) is 0 Å². The molecule has 1 aromatic carbocycles.